The van der Waals surface area contributed by atoms with E-state index < -0.39 is 0 Å². The van der Waals surface area contributed by atoms with Gasteiger partial charge in [-0.25, -0.2) is 0 Å². The number of halogens is 1. The normalized spacial score (nSPS) is 11.5. The standard InChI is InChI=1S/C18H18ClN3OS/c1-13(22-18(23-2)10-11-20)21-14-8-9-16(19)17(12-14)24-15-6-4-3-5-7-15/h3-12,21H,1,20H2,2H3/b11-10-,22-18?. The number of ether oxygens (including phenoxy) is 1. The molecule has 2 aromatic carbocycles. The predicted octanol–water partition coefficient (Wildman–Crippen LogP) is 4.89. The number of nitrogens with one attached hydrogen (secondary N) is 1. The Bertz CT molecular complexity index is 760. The van der Waals surface area contributed by atoms with Crippen molar-refractivity contribution in [2.24, 2.45) is 10.7 Å². The molecule has 0 fully saturated rings. The van der Waals surface area contributed by atoms with E-state index in [2.05, 4.69) is 16.9 Å². The van der Waals surface area contributed by atoms with Crippen molar-refractivity contribution >= 4 is 34.9 Å². The van der Waals surface area contributed by atoms with Crippen molar-refractivity contribution in [3.05, 3.63) is 78.2 Å². The number of hydrogen-bond donors (Lipinski definition) is 2. The number of benzene rings is 2. The van der Waals surface area contributed by atoms with Crippen molar-refractivity contribution in [2.75, 3.05) is 12.4 Å². The van der Waals surface area contributed by atoms with Crippen molar-refractivity contribution in [1.29, 1.82) is 0 Å². The molecule has 4 nitrogen and oxygen atoms in total. The van der Waals surface area contributed by atoms with Crippen LogP contribution in [0.1, 0.15) is 0 Å². The first-order valence-electron chi connectivity index (χ1n) is 7.11. The summed E-state index contributed by atoms with van der Waals surface area (Å²) in [5.74, 6) is 0.797. The molecule has 24 heavy (non-hydrogen) atoms. The average molecular weight is 360 g/mol. The second kappa shape index (κ2) is 9.05. The van der Waals surface area contributed by atoms with Crippen LogP contribution in [0.3, 0.4) is 0 Å². The summed E-state index contributed by atoms with van der Waals surface area (Å²) >= 11 is 7.88. The van der Waals surface area contributed by atoms with Gasteiger partial charge < -0.3 is 15.8 Å². The van der Waals surface area contributed by atoms with Crippen LogP contribution in [-0.2, 0) is 4.74 Å². The Morgan fingerprint density at radius 1 is 1.29 bits per heavy atom. The van der Waals surface area contributed by atoms with Crippen LogP contribution < -0.4 is 11.1 Å². The van der Waals surface area contributed by atoms with E-state index in [1.54, 1.807) is 17.8 Å². The van der Waals surface area contributed by atoms with E-state index in [9.17, 15) is 0 Å². The summed E-state index contributed by atoms with van der Waals surface area (Å²) in [6.45, 7) is 3.86. The monoisotopic (exact) mass is 359 g/mol. The molecule has 0 unspecified atom stereocenters. The fourth-order valence-electron chi connectivity index (χ4n) is 1.84. The van der Waals surface area contributed by atoms with Crippen LogP contribution in [0.2, 0.25) is 5.02 Å². The molecule has 2 aromatic rings. The molecule has 0 bridgehead atoms. The molecule has 124 valence electrons. The van der Waals surface area contributed by atoms with Gasteiger partial charge in [0, 0.05) is 21.6 Å². The molecule has 0 aliphatic carbocycles. The second-order valence-electron chi connectivity index (χ2n) is 4.65. The number of hydrogen-bond acceptors (Lipinski definition) is 5. The molecule has 0 heterocycles. The lowest BCUT2D eigenvalue weighted by Gasteiger charge is -2.10. The van der Waals surface area contributed by atoms with Crippen molar-refractivity contribution in [1.82, 2.24) is 0 Å². The predicted molar refractivity (Wildman–Crippen MR) is 103 cm³/mol. The van der Waals surface area contributed by atoms with Gasteiger partial charge in [0.05, 0.1) is 12.1 Å². The Balaban J connectivity index is 2.14. The molecule has 0 spiro atoms. The summed E-state index contributed by atoms with van der Waals surface area (Å²) in [6, 6.07) is 15.7. The van der Waals surface area contributed by atoms with Gasteiger partial charge in [0.2, 0.25) is 5.90 Å². The summed E-state index contributed by atoms with van der Waals surface area (Å²) in [6.07, 6.45) is 2.90. The van der Waals surface area contributed by atoms with Crippen LogP contribution in [-0.4, -0.2) is 13.0 Å². The molecule has 0 aliphatic heterocycles. The van der Waals surface area contributed by atoms with Gasteiger partial charge in [0.15, 0.2) is 0 Å². The third-order valence-corrected chi connectivity index (χ3v) is 4.39. The highest BCUT2D eigenvalue weighted by Gasteiger charge is 2.05. The van der Waals surface area contributed by atoms with Gasteiger partial charge in [0.1, 0.15) is 5.82 Å². The SMILES string of the molecule is C=C(N=C(/C=C\N)OC)Nc1ccc(Cl)c(Sc2ccccc2)c1. The van der Waals surface area contributed by atoms with Gasteiger partial charge in [-0.05, 0) is 36.5 Å². The maximum Gasteiger partial charge on any atom is 0.216 e. The van der Waals surface area contributed by atoms with Gasteiger partial charge in [0.25, 0.3) is 0 Å². The molecule has 2 rings (SSSR count). The van der Waals surface area contributed by atoms with Crippen molar-refractivity contribution < 1.29 is 4.74 Å². The summed E-state index contributed by atoms with van der Waals surface area (Å²) in [7, 11) is 1.52. The lowest BCUT2D eigenvalue weighted by molar-refractivity contribution is 0.406. The number of methoxy groups -OCH3 is 1. The first-order valence-corrected chi connectivity index (χ1v) is 8.31. The number of nitrogens with zero attached hydrogens (tertiary/aromatic N) is 1. The van der Waals surface area contributed by atoms with Gasteiger partial charge in [-0.1, -0.05) is 48.1 Å². The maximum absolute atomic E-state index is 6.29. The third-order valence-electron chi connectivity index (χ3n) is 2.88. The zero-order valence-corrected chi connectivity index (χ0v) is 14.8. The number of anilines is 1. The van der Waals surface area contributed by atoms with Crippen LogP contribution in [0.15, 0.2) is 88.0 Å². The number of nitrogens with two attached hydrogens (primary N) is 1. The van der Waals surface area contributed by atoms with Crippen molar-refractivity contribution in [2.45, 2.75) is 9.79 Å². The fourth-order valence-corrected chi connectivity index (χ4v) is 2.97. The van der Waals surface area contributed by atoms with Crippen molar-refractivity contribution in [3.63, 3.8) is 0 Å². The maximum atomic E-state index is 6.29. The van der Waals surface area contributed by atoms with Crippen LogP contribution in [0, 0.1) is 0 Å². The molecular weight excluding hydrogens is 342 g/mol. The third kappa shape index (κ3) is 5.37. The summed E-state index contributed by atoms with van der Waals surface area (Å²) in [5.41, 5.74) is 6.17. The van der Waals surface area contributed by atoms with Gasteiger partial charge in [-0.3, -0.25) is 0 Å². The summed E-state index contributed by atoms with van der Waals surface area (Å²) in [4.78, 5) is 6.26. The Hall–Kier alpha value is -2.37. The van der Waals surface area contributed by atoms with Crippen LogP contribution in [0.4, 0.5) is 5.69 Å². The zero-order chi connectivity index (χ0) is 17.4. The molecular formula is C18H18ClN3OS. The van der Waals surface area contributed by atoms with E-state index in [0.717, 1.165) is 15.5 Å². The van der Waals surface area contributed by atoms with Crippen LogP contribution in [0.5, 0.6) is 0 Å². The highest BCUT2D eigenvalue weighted by molar-refractivity contribution is 7.99. The summed E-state index contributed by atoms with van der Waals surface area (Å²) < 4.78 is 5.08. The van der Waals surface area contributed by atoms with E-state index in [1.165, 1.54) is 13.3 Å². The summed E-state index contributed by atoms with van der Waals surface area (Å²) in [5, 5.41) is 3.80. The Kier molecular flexibility index (Phi) is 6.78. The Labute approximate surface area is 151 Å². The second-order valence-corrected chi connectivity index (χ2v) is 6.17. The van der Waals surface area contributed by atoms with Crippen molar-refractivity contribution in [3.8, 4) is 0 Å². The number of rotatable bonds is 6. The Morgan fingerprint density at radius 3 is 2.71 bits per heavy atom. The molecule has 0 saturated carbocycles. The van der Waals surface area contributed by atoms with E-state index in [-0.39, 0.29) is 0 Å². The van der Waals surface area contributed by atoms with Gasteiger partial charge in [-0.15, -0.1) is 0 Å². The van der Waals surface area contributed by atoms with E-state index in [0.29, 0.717) is 16.7 Å². The molecule has 0 radical (unpaired) electrons. The van der Waals surface area contributed by atoms with E-state index in [1.807, 2.05) is 48.5 Å². The fraction of sp³-hybridized carbons (Fsp3) is 0.0556. The minimum atomic E-state index is 0.364. The molecule has 0 aliphatic rings. The minimum absolute atomic E-state index is 0.364. The quantitative estimate of drug-likeness (QED) is 0.569. The Morgan fingerprint density at radius 2 is 2.04 bits per heavy atom. The smallest absolute Gasteiger partial charge is 0.216 e. The van der Waals surface area contributed by atoms with Crippen LogP contribution >= 0.6 is 23.4 Å². The molecule has 0 saturated heterocycles. The molecule has 6 heteroatoms. The highest BCUT2D eigenvalue weighted by atomic mass is 35.5. The lowest BCUT2D eigenvalue weighted by Crippen LogP contribution is -2.03. The van der Waals surface area contributed by atoms with Crippen LogP contribution in [0.25, 0.3) is 0 Å². The van der Waals surface area contributed by atoms with Gasteiger partial charge >= 0.3 is 0 Å². The average Bonchev–Trinajstić information content (AvgIpc) is 2.58. The molecule has 0 atom stereocenters. The first-order chi connectivity index (χ1) is 11.6. The first kappa shape index (κ1) is 18.0. The zero-order valence-electron chi connectivity index (χ0n) is 13.2. The van der Waals surface area contributed by atoms with Gasteiger partial charge in [-0.2, -0.15) is 4.99 Å². The molecule has 3 N–H and O–H groups in total. The molecule has 0 aromatic heterocycles. The topological polar surface area (TPSA) is 59.6 Å². The highest BCUT2D eigenvalue weighted by Crippen LogP contribution is 2.35. The number of aliphatic imine (C=N–C) groups is 1. The minimum Gasteiger partial charge on any atom is -0.481 e. The molecule has 0 amide bonds. The van der Waals surface area contributed by atoms with E-state index >= 15 is 0 Å². The largest absolute Gasteiger partial charge is 0.481 e. The van der Waals surface area contributed by atoms with E-state index in [4.69, 9.17) is 22.1 Å². The lowest BCUT2D eigenvalue weighted by atomic mass is 10.3.